The fourth-order valence-electron chi connectivity index (χ4n) is 2.93. The zero-order chi connectivity index (χ0) is 22.1. The zero-order valence-corrected chi connectivity index (χ0v) is 17.9. The third kappa shape index (κ3) is 6.63. The summed E-state index contributed by atoms with van der Waals surface area (Å²) in [5.41, 5.74) is 2.56. The number of amides is 1. The molecule has 1 aromatic carbocycles. The van der Waals surface area contributed by atoms with Crippen LogP contribution in [0.4, 0.5) is 0 Å². The summed E-state index contributed by atoms with van der Waals surface area (Å²) in [5.74, 6) is 0.792. The van der Waals surface area contributed by atoms with Crippen molar-refractivity contribution in [3.63, 3.8) is 0 Å². The van der Waals surface area contributed by atoms with Crippen molar-refractivity contribution >= 4 is 5.91 Å². The van der Waals surface area contributed by atoms with Gasteiger partial charge in [0.2, 0.25) is 5.91 Å². The van der Waals surface area contributed by atoms with Gasteiger partial charge in [-0.15, -0.1) is 0 Å². The van der Waals surface area contributed by atoms with E-state index in [0.717, 1.165) is 22.6 Å². The van der Waals surface area contributed by atoms with Gasteiger partial charge in [0.25, 0.3) is 0 Å². The lowest BCUT2D eigenvalue weighted by molar-refractivity contribution is -0.130. The number of likely N-dealkylation sites (N-methyl/N-ethyl adjacent to an activating group) is 1. The second-order valence-electron chi connectivity index (χ2n) is 7.19. The Morgan fingerprint density at radius 2 is 2.06 bits per heavy atom. The topological polar surface area (TPSA) is 92.5 Å². The Morgan fingerprint density at radius 3 is 2.77 bits per heavy atom. The molecule has 2 N–H and O–H groups in total. The van der Waals surface area contributed by atoms with Crippen molar-refractivity contribution in [2.45, 2.75) is 19.6 Å². The summed E-state index contributed by atoms with van der Waals surface area (Å²) >= 11 is 0. The molecule has 0 aliphatic heterocycles. The summed E-state index contributed by atoms with van der Waals surface area (Å²) in [6.07, 6.45) is 4.56. The third-order valence-electron chi connectivity index (χ3n) is 4.94. The van der Waals surface area contributed by atoms with E-state index < -0.39 is 6.10 Å². The van der Waals surface area contributed by atoms with E-state index in [1.54, 1.807) is 35.1 Å². The number of aliphatic hydroxyl groups is 1. The molecule has 3 rings (SSSR count). The first-order valence-corrected chi connectivity index (χ1v) is 10.4. The van der Waals surface area contributed by atoms with Crippen molar-refractivity contribution in [1.82, 2.24) is 25.0 Å². The molecule has 0 bridgehead atoms. The maximum Gasteiger partial charge on any atom is 0.244 e. The van der Waals surface area contributed by atoms with Crippen LogP contribution >= 0.6 is 0 Å². The molecule has 0 spiro atoms. The highest BCUT2D eigenvalue weighted by atomic mass is 16.5. The Kier molecular flexibility index (Phi) is 8.14. The van der Waals surface area contributed by atoms with Crippen LogP contribution in [-0.4, -0.2) is 64.0 Å². The Hall–Kier alpha value is -3.23. The van der Waals surface area contributed by atoms with Crippen molar-refractivity contribution in [3.8, 4) is 17.0 Å². The fraction of sp³-hybridized carbons (Fsp3) is 0.348. The SMILES string of the molecule is CCN(C)C(=O)Cn1ccc(-c2ccc(OCCNCC(O)c3cccnc3)cc2)n1. The maximum absolute atomic E-state index is 12.0. The highest BCUT2D eigenvalue weighted by Gasteiger charge is 2.10. The van der Waals surface area contributed by atoms with Crippen LogP contribution in [0.15, 0.2) is 61.1 Å². The third-order valence-corrected chi connectivity index (χ3v) is 4.94. The monoisotopic (exact) mass is 423 g/mol. The quantitative estimate of drug-likeness (QED) is 0.459. The van der Waals surface area contributed by atoms with E-state index in [1.807, 2.05) is 49.5 Å². The van der Waals surface area contributed by atoms with Crippen LogP contribution < -0.4 is 10.1 Å². The number of nitrogens with zero attached hydrogens (tertiary/aromatic N) is 4. The Balaban J connectivity index is 1.42. The number of hydrogen-bond acceptors (Lipinski definition) is 6. The number of carbonyl (C=O) groups excluding carboxylic acids is 1. The number of hydrogen-bond donors (Lipinski definition) is 2. The predicted molar refractivity (Wildman–Crippen MR) is 119 cm³/mol. The summed E-state index contributed by atoms with van der Waals surface area (Å²) in [7, 11) is 1.78. The number of nitrogens with one attached hydrogen (secondary N) is 1. The van der Waals surface area contributed by atoms with Crippen molar-refractivity contribution in [1.29, 1.82) is 0 Å². The molecule has 31 heavy (non-hydrogen) atoms. The second-order valence-corrected chi connectivity index (χ2v) is 7.19. The lowest BCUT2D eigenvalue weighted by atomic mass is 10.1. The summed E-state index contributed by atoms with van der Waals surface area (Å²) in [5, 5.41) is 17.8. The number of benzene rings is 1. The van der Waals surface area contributed by atoms with Crippen LogP contribution in [0.2, 0.25) is 0 Å². The summed E-state index contributed by atoms with van der Waals surface area (Å²) in [6, 6.07) is 13.2. The number of carbonyl (C=O) groups is 1. The van der Waals surface area contributed by atoms with Crippen LogP contribution in [0.5, 0.6) is 5.75 Å². The van der Waals surface area contributed by atoms with Gasteiger partial charge in [-0.3, -0.25) is 14.5 Å². The van der Waals surface area contributed by atoms with E-state index >= 15 is 0 Å². The smallest absolute Gasteiger partial charge is 0.244 e. The van der Waals surface area contributed by atoms with Gasteiger partial charge in [0.05, 0.1) is 11.8 Å². The second kappa shape index (κ2) is 11.2. The van der Waals surface area contributed by atoms with E-state index in [4.69, 9.17) is 4.74 Å². The average Bonchev–Trinajstić information content (AvgIpc) is 3.27. The summed E-state index contributed by atoms with van der Waals surface area (Å²) < 4.78 is 7.40. The van der Waals surface area contributed by atoms with Gasteiger partial charge in [-0.05, 0) is 43.3 Å². The van der Waals surface area contributed by atoms with Gasteiger partial charge in [-0.25, -0.2) is 0 Å². The first kappa shape index (κ1) is 22.5. The van der Waals surface area contributed by atoms with E-state index in [-0.39, 0.29) is 12.5 Å². The molecule has 164 valence electrons. The molecule has 0 saturated heterocycles. The molecule has 0 aliphatic carbocycles. The van der Waals surface area contributed by atoms with E-state index in [2.05, 4.69) is 15.4 Å². The highest BCUT2D eigenvalue weighted by molar-refractivity contribution is 5.75. The largest absolute Gasteiger partial charge is 0.492 e. The van der Waals surface area contributed by atoms with Gasteiger partial charge in [0.1, 0.15) is 18.9 Å². The van der Waals surface area contributed by atoms with E-state index in [0.29, 0.717) is 26.2 Å². The molecule has 0 saturated carbocycles. The first-order chi connectivity index (χ1) is 15.1. The molecule has 3 aromatic rings. The molecule has 0 fully saturated rings. The van der Waals surface area contributed by atoms with Gasteiger partial charge in [-0.2, -0.15) is 5.10 Å². The Morgan fingerprint density at radius 1 is 1.26 bits per heavy atom. The van der Waals surface area contributed by atoms with Crippen LogP contribution in [0, 0.1) is 0 Å². The van der Waals surface area contributed by atoms with Crippen LogP contribution in [0.25, 0.3) is 11.3 Å². The molecule has 8 nitrogen and oxygen atoms in total. The molecule has 8 heteroatoms. The standard InChI is InChI=1S/C23H29N5O3/c1-3-27(2)23(30)17-28-13-10-21(26-28)18-6-8-20(9-7-18)31-14-12-25-16-22(29)19-5-4-11-24-15-19/h4-11,13,15,22,25,29H,3,12,14,16-17H2,1-2H3. The molecule has 1 atom stereocenters. The molecular formula is C23H29N5O3. The molecule has 2 heterocycles. The number of rotatable bonds is 11. The average molecular weight is 424 g/mol. The van der Waals surface area contributed by atoms with Crippen LogP contribution in [-0.2, 0) is 11.3 Å². The molecule has 2 aromatic heterocycles. The highest BCUT2D eigenvalue weighted by Crippen LogP contribution is 2.21. The lowest BCUT2D eigenvalue weighted by Crippen LogP contribution is -2.30. The minimum atomic E-state index is -0.592. The normalized spacial score (nSPS) is 11.8. The number of pyridine rings is 1. The minimum absolute atomic E-state index is 0.0301. The fourth-order valence-corrected chi connectivity index (χ4v) is 2.93. The number of aromatic nitrogens is 3. The van der Waals surface area contributed by atoms with E-state index in [9.17, 15) is 9.90 Å². The van der Waals surface area contributed by atoms with Crippen LogP contribution in [0.1, 0.15) is 18.6 Å². The summed E-state index contributed by atoms with van der Waals surface area (Å²) in [4.78, 5) is 17.7. The Labute approximate surface area is 182 Å². The van der Waals surface area contributed by atoms with Crippen molar-refractivity contribution in [2.75, 3.05) is 33.3 Å². The van der Waals surface area contributed by atoms with Gasteiger partial charge >= 0.3 is 0 Å². The maximum atomic E-state index is 12.0. The molecule has 1 unspecified atom stereocenters. The molecule has 1 amide bonds. The van der Waals surface area contributed by atoms with E-state index in [1.165, 1.54) is 0 Å². The molecular weight excluding hydrogens is 394 g/mol. The van der Waals surface area contributed by atoms with Gasteiger partial charge in [0.15, 0.2) is 0 Å². The van der Waals surface area contributed by atoms with Gasteiger partial charge in [-0.1, -0.05) is 6.07 Å². The molecule has 0 aliphatic rings. The van der Waals surface area contributed by atoms with Crippen molar-refractivity contribution in [2.24, 2.45) is 0 Å². The Bertz CT molecular complexity index is 943. The first-order valence-electron chi connectivity index (χ1n) is 10.4. The van der Waals surface area contributed by atoms with Crippen molar-refractivity contribution < 1.29 is 14.6 Å². The van der Waals surface area contributed by atoms with Gasteiger partial charge in [0, 0.05) is 56.4 Å². The van der Waals surface area contributed by atoms with Crippen molar-refractivity contribution in [3.05, 3.63) is 66.6 Å². The minimum Gasteiger partial charge on any atom is -0.492 e. The number of ether oxygens (including phenoxy) is 1. The zero-order valence-electron chi connectivity index (χ0n) is 17.9. The predicted octanol–water partition coefficient (Wildman–Crippen LogP) is 2.13. The number of aliphatic hydroxyl groups excluding tert-OH is 1. The van der Waals surface area contributed by atoms with Gasteiger partial charge < -0.3 is 20.1 Å². The molecule has 0 radical (unpaired) electrons. The lowest BCUT2D eigenvalue weighted by Gasteiger charge is -2.13. The van der Waals surface area contributed by atoms with Crippen LogP contribution in [0.3, 0.4) is 0 Å². The summed E-state index contributed by atoms with van der Waals surface area (Å²) in [6.45, 7) is 4.39.